The molecule has 3 aromatic rings. The van der Waals surface area contributed by atoms with Crippen LogP contribution in [0.1, 0.15) is 5.69 Å². The third kappa shape index (κ3) is 3.78. The van der Waals surface area contributed by atoms with E-state index in [1.807, 2.05) is 18.2 Å². The number of aromatic nitrogens is 1. The van der Waals surface area contributed by atoms with Gasteiger partial charge in [0.1, 0.15) is 16.3 Å². The molecule has 0 aliphatic carbocycles. The highest BCUT2D eigenvalue weighted by Gasteiger charge is 2.29. The number of rotatable bonds is 4. The highest BCUT2D eigenvalue weighted by molar-refractivity contribution is 7.90. The second kappa shape index (κ2) is 7.49. The van der Waals surface area contributed by atoms with E-state index in [-0.39, 0.29) is 17.4 Å². The predicted molar refractivity (Wildman–Crippen MR) is 107 cm³/mol. The number of halogens is 1. The van der Waals surface area contributed by atoms with Crippen LogP contribution in [0.15, 0.2) is 76.7 Å². The van der Waals surface area contributed by atoms with Gasteiger partial charge in [0.15, 0.2) is 5.75 Å². The van der Waals surface area contributed by atoms with Crippen LogP contribution in [-0.4, -0.2) is 19.4 Å². The van der Waals surface area contributed by atoms with Crippen molar-refractivity contribution in [2.75, 3.05) is 5.32 Å². The maximum absolute atomic E-state index is 12.6. The fraction of sp³-hybridized carbons (Fsp3) is 0.0526. The lowest BCUT2D eigenvalue weighted by atomic mass is 10.3. The number of ether oxygens (including phenoxy) is 1. The number of aliphatic imine (C=N–C) groups is 1. The lowest BCUT2D eigenvalue weighted by Crippen LogP contribution is -2.40. The highest BCUT2D eigenvalue weighted by Crippen LogP contribution is 2.36. The maximum atomic E-state index is 12.6. The molecule has 2 heterocycles. The zero-order valence-electron chi connectivity index (χ0n) is 14.5. The summed E-state index contributed by atoms with van der Waals surface area (Å²) in [5.74, 6) is 1.03. The molecule has 0 spiro atoms. The maximum Gasteiger partial charge on any atom is 0.266 e. The number of benzene rings is 2. The van der Waals surface area contributed by atoms with Crippen molar-refractivity contribution in [1.29, 1.82) is 0 Å². The van der Waals surface area contributed by atoms with Crippen molar-refractivity contribution in [3.05, 3.63) is 77.6 Å². The molecule has 0 amide bonds. The number of hydrogen-bond donors (Lipinski definition) is 2. The van der Waals surface area contributed by atoms with Gasteiger partial charge in [0.25, 0.3) is 10.0 Å². The normalized spacial score (nSPS) is 16.0. The summed E-state index contributed by atoms with van der Waals surface area (Å²) in [5, 5.41) is 3.45. The Labute approximate surface area is 167 Å². The number of nitrogens with one attached hydrogen (secondary N) is 2. The lowest BCUT2D eigenvalue weighted by molar-refractivity contribution is 0.483. The number of hydrogen-bond acceptors (Lipinski definition) is 5. The molecule has 9 heteroatoms. The van der Waals surface area contributed by atoms with Gasteiger partial charge in [-0.1, -0.05) is 35.9 Å². The van der Waals surface area contributed by atoms with Gasteiger partial charge < -0.3 is 10.1 Å². The SMILES string of the molecule is O=S1(=O)NC(=NCc2ncccc2Cl)Nc2c(Oc3ccccc3)cccc21. The quantitative estimate of drug-likeness (QED) is 0.677. The van der Waals surface area contributed by atoms with Gasteiger partial charge in [-0.05, 0) is 36.4 Å². The zero-order chi connectivity index (χ0) is 19.6. The summed E-state index contributed by atoms with van der Waals surface area (Å²) in [6.07, 6.45) is 1.60. The summed E-state index contributed by atoms with van der Waals surface area (Å²) >= 11 is 6.08. The van der Waals surface area contributed by atoms with E-state index in [1.165, 1.54) is 6.07 Å². The third-order valence-corrected chi connectivity index (χ3v) is 5.67. The van der Waals surface area contributed by atoms with Gasteiger partial charge in [-0.2, -0.15) is 0 Å². The first-order valence-corrected chi connectivity index (χ1v) is 10.2. The van der Waals surface area contributed by atoms with Gasteiger partial charge in [-0.15, -0.1) is 0 Å². The Morgan fingerprint density at radius 1 is 1.04 bits per heavy atom. The molecule has 0 bridgehead atoms. The van der Waals surface area contributed by atoms with Gasteiger partial charge in [-0.25, -0.2) is 18.1 Å². The van der Waals surface area contributed by atoms with E-state index in [2.05, 4.69) is 20.0 Å². The molecule has 4 rings (SSSR count). The molecule has 142 valence electrons. The third-order valence-electron chi connectivity index (χ3n) is 3.94. The van der Waals surface area contributed by atoms with Crippen LogP contribution in [0.25, 0.3) is 0 Å². The Morgan fingerprint density at radius 2 is 1.86 bits per heavy atom. The van der Waals surface area contributed by atoms with Crippen LogP contribution in [-0.2, 0) is 16.6 Å². The van der Waals surface area contributed by atoms with Crippen LogP contribution < -0.4 is 14.8 Å². The van der Waals surface area contributed by atoms with E-state index in [1.54, 1.807) is 42.6 Å². The van der Waals surface area contributed by atoms with Crippen molar-refractivity contribution in [1.82, 2.24) is 9.71 Å². The topological polar surface area (TPSA) is 92.7 Å². The number of nitrogens with zero attached hydrogens (tertiary/aromatic N) is 2. The van der Waals surface area contributed by atoms with Gasteiger partial charge in [0.05, 0.1) is 17.3 Å². The van der Waals surface area contributed by atoms with Crippen molar-refractivity contribution < 1.29 is 13.2 Å². The van der Waals surface area contributed by atoms with Crippen molar-refractivity contribution >= 4 is 33.3 Å². The number of anilines is 1. The molecule has 7 nitrogen and oxygen atoms in total. The smallest absolute Gasteiger partial charge is 0.266 e. The molecule has 1 aromatic heterocycles. The predicted octanol–water partition coefficient (Wildman–Crippen LogP) is 3.79. The van der Waals surface area contributed by atoms with E-state index in [9.17, 15) is 8.42 Å². The van der Waals surface area contributed by atoms with E-state index in [0.717, 1.165) is 0 Å². The Balaban J connectivity index is 1.67. The molecule has 0 radical (unpaired) electrons. The fourth-order valence-corrected chi connectivity index (χ4v) is 3.98. The van der Waals surface area contributed by atoms with E-state index >= 15 is 0 Å². The Hall–Kier alpha value is -3.10. The average Bonchev–Trinajstić information content (AvgIpc) is 2.68. The molecule has 1 aliphatic heterocycles. The van der Waals surface area contributed by atoms with Gasteiger partial charge in [0.2, 0.25) is 5.96 Å². The van der Waals surface area contributed by atoms with Crippen molar-refractivity contribution in [2.24, 2.45) is 4.99 Å². The van der Waals surface area contributed by atoms with Crippen LogP contribution in [0, 0.1) is 0 Å². The number of sulfonamides is 1. The van der Waals surface area contributed by atoms with Crippen LogP contribution in [0.5, 0.6) is 11.5 Å². The first-order valence-electron chi connectivity index (χ1n) is 8.32. The molecular formula is C19H15ClN4O3S. The number of fused-ring (bicyclic) bond motifs is 1. The molecule has 1 aliphatic rings. The van der Waals surface area contributed by atoms with Crippen molar-refractivity contribution in [3.8, 4) is 11.5 Å². The van der Waals surface area contributed by atoms with Crippen LogP contribution in [0.2, 0.25) is 5.02 Å². The summed E-state index contributed by atoms with van der Waals surface area (Å²) in [5.41, 5.74) is 0.855. The summed E-state index contributed by atoms with van der Waals surface area (Å²) < 4.78 is 33.5. The molecule has 2 N–H and O–H groups in total. The first kappa shape index (κ1) is 18.3. The number of pyridine rings is 1. The van der Waals surface area contributed by atoms with Crippen LogP contribution >= 0.6 is 11.6 Å². The molecular weight excluding hydrogens is 400 g/mol. The molecule has 0 fully saturated rings. The van der Waals surface area contributed by atoms with Gasteiger partial charge in [0, 0.05) is 6.20 Å². The monoisotopic (exact) mass is 414 g/mol. The van der Waals surface area contributed by atoms with E-state index in [4.69, 9.17) is 16.3 Å². The molecule has 28 heavy (non-hydrogen) atoms. The van der Waals surface area contributed by atoms with Gasteiger partial charge >= 0.3 is 0 Å². The fourth-order valence-electron chi connectivity index (χ4n) is 2.65. The second-order valence-corrected chi connectivity index (χ2v) is 7.93. The van der Waals surface area contributed by atoms with Crippen LogP contribution in [0.3, 0.4) is 0 Å². The standard InChI is InChI=1S/C19H15ClN4O3S/c20-14-8-5-11-21-15(14)12-22-19-23-18-16(27-13-6-2-1-3-7-13)9-4-10-17(18)28(25,26)24-19/h1-11H,12H2,(H2,22,23,24). The second-order valence-electron chi connectivity index (χ2n) is 5.87. The minimum atomic E-state index is -3.80. The van der Waals surface area contributed by atoms with Crippen molar-refractivity contribution in [3.63, 3.8) is 0 Å². The first-order chi connectivity index (χ1) is 13.5. The minimum Gasteiger partial charge on any atom is -0.455 e. The lowest BCUT2D eigenvalue weighted by Gasteiger charge is -2.23. The molecule has 2 aromatic carbocycles. The summed E-state index contributed by atoms with van der Waals surface area (Å²) in [6.45, 7) is 0.113. The largest absolute Gasteiger partial charge is 0.455 e. The Morgan fingerprint density at radius 3 is 2.64 bits per heavy atom. The Bertz CT molecular complexity index is 1150. The summed E-state index contributed by atoms with van der Waals surface area (Å²) in [4.78, 5) is 8.50. The molecule has 0 saturated heterocycles. The molecule has 0 saturated carbocycles. The van der Waals surface area contributed by atoms with Crippen LogP contribution in [0.4, 0.5) is 5.69 Å². The molecule has 0 atom stereocenters. The summed E-state index contributed by atoms with van der Waals surface area (Å²) in [6, 6.07) is 17.3. The number of para-hydroxylation sites is 2. The number of guanidine groups is 1. The highest BCUT2D eigenvalue weighted by atomic mass is 35.5. The van der Waals surface area contributed by atoms with E-state index in [0.29, 0.717) is 27.9 Å². The van der Waals surface area contributed by atoms with Gasteiger partial charge in [-0.3, -0.25) is 4.98 Å². The van der Waals surface area contributed by atoms with E-state index < -0.39 is 10.0 Å². The minimum absolute atomic E-state index is 0.0679. The average molecular weight is 415 g/mol. The molecule has 0 unspecified atom stereocenters. The summed E-state index contributed by atoms with van der Waals surface area (Å²) in [7, 11) is -3.80. The Kier molecular flexibility index (Phi) is 4.89. The van der Waals surface area contributed by atoms with Crippen molar-refractivity contribution in [2.45, 2.75) is 11.4 Å². The zero-order valence-corrected chi connectivity index (χ0v) is 16.0.